The number of aromatic amines is 1. The molecule has 0 saturated heterocycles. The second kappa shape index (κ2) is 8.57. The number of benzene rings is 1. The summed E-state index contributed by atoms with van der Waals surface area (Å²) in [5, 5.41) is 5.76. The molecule has 7 nitrogen and oxygen atoms in total. The minimum atomic E-state index is -0.264. The molecule has 0 spiro atoms. The number of carbonyl (C=O) groups is 1. The maximum Gasteiger partial charge on any atom is 0.270 e. The number of rotatable bonds is 4. The third kappa shape index (κ3) is 3.90. The van der Waals surface area contributed by atoms with Crippen LogP contribution in [0.25, 0.3) is 0 Å². The fourth-order valence-corrected chi connectivity index (χ4v) is 5.43. The van der Waals surface area contributed by atoms with Crippen molar-refractivity contribution in [3.05, 3.63) is 39.7 Å². The number of fused-ring (bicyclic) bond motifs is 1. The standard InChI is InChI=1S/C21H27N3O4S/c1-27-15-10-9-13(11-16(15)28-2)19-18-20(22-17(25)12-29-19)24(23-21(18)26)14-7-5-3-4-6-8-14/h9-11,14,19H,3-8,12H2,1-2H3,(H,22,25)(H,23,26)/t19-/m0/s1. The maximum atomic E-state index is 13.0. The molecule has 0 bridgehead atoms. The Kier molecular flexibility index (Phi) is 5.89. The van der Waals surface area contributed by atoms with E-state index < -0.39 is 0 Å². The highest BCUT2D eigenvalue weighted by molar-refractivity contribution is 8.00. The van der Waals surface area contributed by atoms with E-state index in [9.17, 15) is 9.59 Å². The summed E-state index contributed by atoms with van der Waals surface area (Å²) in [6.07, 6.45) is 6.76. The van der Waals surface area contributed by atoms with Crippen molar-refractivity contribution in [3.63, 3.8) is 0 Å². The van der Waals surface area contributed by atoms with Gasteiger partial charge >= 0.3 is 0 Å². The van der Waals surface area contributed by atoms with Crippen LogP contribution in [0.5, 0.6) is 11.5 Å². The van der Waals surface area contributed by atoms with Gasteiger partial charge in [-0.2, -0.15) is 0 Å². The number of carbonyl (C=O) groups excluding carboxylic acids is 1. The average Bonchev–Trinajstić information content (AvgIpc) is 2.94. The van der Waals surface area contributed by atoms with Crippen molar-refractivity contribution in [3.8, 4) is 11.5 Å². The first-order valence-electron chi connectivity index (χ1n) is 10.1. The Balaban J connectivity index is 1.79. The first-order valence-corrected chi connectivity index (χ1v) is 11.1. The Morgan fingerprint density at radius 1 is 1.03 bits per heavy atom. The van der Waals surface area contributed by atoms with Crippen molar-refractivity contribution in [1.82, 2.24) is 9.78 Å². The number of aromatic nitrogens is 2. The highest BCUT2D eigenvalue weighted by atomic mass is 32.2. The summed E-state index contributed by atoms with van der Waals surface area (Å²) in [6.45, 7) is 0. The van der Waals surface area contributed by atoms with E-state index in [4.69, 9.17) is 9.47 Å². The quantitative estimate of drug-likeness (QED) is 0.738. The number of H-pyrrole nitrogens is 1. The van der Waals surface area contributed by atoms with Crippen LogP contribution in [0, 0.1) is 0 Å². The molecule has 8 heteroatoms. The Morgan fingerprint density at radius 2 is 1.76 bits per heavy atom. The molecule has 1 fully saturated rings. The molecule has 0 radical (unpaired) electrons. The van der Waals surface area contributed by atoms with Crippen molar-refractivity contribution in [2.24, 2.45) is 0 Å². The van der Waals surface area contributed by atoms with Crippen LogP contribution < -0.4 is 20.3 Å². The zero-order valence-corrected chi connectivity index (χ0v) is 17.6. The van der Waals surface area contributed by atoms with Crippen molar-refractivity contribution < 1.29 is 14.3 Å². The summed E-state index contributed by atoms with van der Waals surface area (Å²) in [6, 6.07) is 5.87. The summed E-state index contributed by atoms with van der Waals surface area (Å²) in [4.78, 5) is 25.5. The lowest BCUT2D eigenvalue weighted by Gasteiger charge is -2.20. The highest BCUT2D eigenvalue weighted by Gasteiger charge is 2.32. The van der Waals surface area contributed by atoms with Gasteiger partial charge in [0.2, 0.25) is 5.91 Å². The van der Waals surface area contributed by atoms with Crippen LogP contribution in [-0.4, -0.2) is 35.7 Å². The molecule has 0 unspecified atom stereocenters. The molecule has 1 aromatic carbocycles. The molecule has 2 aromatic rings. The lowest BCUT2D eigenvalue weighted by Crippen LogP contribution is -2.19. The van der Waals surface area contributed by atoms with E-state index in [2.05, 4.69) is 10.4 Å². The zero-order valence-electron chi connectivity index (χ0n) is 16.8. The summed E-state index contributed by atoms with van der Waals surface area (Å²) >= 11 is 1.46. The van der Waals surface area contributed by atoms with Gasteiger partial charge in [-0.1, -0.05) is 31.7 Å². The molecule has 1 amide bonds. The van der Waals surface area contributed by atoms with E-state index in [0.29, 0.717) is 22.9 Å². The van der Waals surface area contributed by atoms with Gasteiger partial charge in [0, 0.05) is 0 Å². The van der Waals surface area contributed by atoms with Gasteiger partial charge in [0.1, 0.15) is 5.82 Å². The first kappa shape index (κ1) is 19.9. The predicted octanol–water partition coefficient (Wildman–Crippen LogP) is 3.86. The van der Waals surface area contributed by atoms with E-state index in [-0.39, 0.29) is 28.5 Å². The third-order valence-electron chi connectivity index (χ3n) is 5.76. The van der Waals surface area contributed by atoms with Crippen LogP contribution in [0.2, 0.25) is 0 Å². The number of hydrogen-bond acceptors (Lipinski definition) is 5. The highest BCUT2D eigenvalue weighted by Crippen LogP contribution is 2.43. The molecule has 4 rings (SSSR count). The summed E-state index contributed by atoms with van der Waals surface area (Å²) < 4.78 is 12.7. The van der Waals surface area contributed by atoms with Gasteiger partial charge in [0.25, 0.3) is 5.56 Å². The number of thioether (sulfide) groups is 1. The van der Waals surface area contributed by atoms with Crippen molar-refractivity contribution in [1.29, 1.82) is 0 Å². The van der Waals surface area contributed by atoms with E-state index in [1.165, 1.54) is 24.6 Å². The van der Waals surface area contributed by atoms with Crippen LogP contribution in [0.1, 0.15) is 60.9 Å². The van der Waals surface area contributed by atoms with Gasteiger partial charge in [-0.05, 0) is 30.5 Å². The molecule has 1 aromatic heterocycles. The monoisotopic (exact) mass is 417 g/mol. The number of ether oxygens (including phenoxy) is 2. The molecule has 2 heterocycles. The SMILES string of the molecule is COc1ccc([C@@H]2SCC(=O)Nc3c2c(=O)[nH]n3C2CCCCCC2)cc1OC. The van der Waals surface area contributed by atoms with Crippen LogP contribution >= 0.6 is 11.8 Å². The second-order valence-electron chi connectivity index (χ2n) is 7.57. The fraction of sp³-hybridized carbons (Fsp3) is 0.524. The number of methoxy groups -OCH3 is 2. The molecular formula is C21H27N3O4S. The number of hydrogen-bond donors (Lipinski definition) is 2. The van der Waals surface area contributed by atoms with E-state index in [1.807, 2.05) is 22.9 Å². The topological polar surface area (TPSA) is 85.4 Å². The average molecular weight is 418 g/mol. The summed E-state index contributed by atoms with van der Waals surface area (Å²) in [7, 11) is 3.18. The van der Waals surface area contributed by atoms with Gasteiger partial charge in [0.05, 0.1) is 36.8 Å². The first-order chi connectivity index (χ1) is 14.1. The van der Waals surface area contributed by atoms with Gasteiger partial charge < -0.3 is 14.8 Å². The molecule has 156 valence electrons. The summed E-state index contributed by atoms with van der Waals surface area (Å²) in [5.41, 5.74) is 1.38. The second-order valence-corrected chi connectivity index (χ2v) is 8.67. The van der Waals surface area contributed by atoms with E-state index >= 15 is 0 Å². The van der Waals surface area contributed by atoms with Crippen LogP contribution in [-0.2, 0) is 4.79 Å². The van der Waals surface area contributed by atoms with E-state index in [0.717, 1.165) is 31.2 Å². The maximum absolute atomic E-state index is 13.0. The Morgan fingerprint density at radius 3 is 2.45 bits per heavy atom. The molecule has 29 heavy (non-hydrogen) atoms. The Hall–Kier alpha value is -2.35. The Bertz CT molecular complexity index is 944. The van der Waals surface area contributed by atoms with Crippen LogP contribution in [0.4, 0.5) is 5.82 Å². The van der Waals surface area contributed by atoms with Gasteiger partial charge in [0.15, 0.2) is 11.5 Å². The number of amides is 1. The number of nitrogens with zero attached hydrogens (tertiary/aromatic N) is 1. The fourth-order valence-electron chi connectivity index (χ4n) is 4.31. The lowest BCUT2D eigenvalue weighted by molar-refractivity contribution is -0.113. The third-order valence-corrected chi connectivity index (χ3v) is 7.03. The van der Waals surface area contributed by atoms with Crippen LogP contribution in [0.15, 0.2) is 23.0 Å². The number of nitrogens with one attached hydrogen (secondary N) is 2. The smallest absolute Gasteiger partial charge is 0.270 e. The molecule has 2 N–H and O–H groups in total. The van der Waals surface area contributed by atoms with Gasteiger partial charge in [-0.15, -0.1) is 11.8 Å². The Labute approximate surface area is 174 Å². The van der Waals surface area contributed by atoms with Crippen molar-refractivity contribution in [2.75, 3.05) is 25.3 Å². The minimum absolute atomic E-state index is 0.0828. The summed E-state index contributed by atoms with van der Waals surface area (Å²) in [5.74, 6) is 2.07. The van der Waals surface area contributed by atoms with Crippen molar-refractivity contribution in [2.45, 2.75) is 49.8 Å². The molecule has 1 aliphatic carbocycles. The van der Waals surface area contributed by atoms with Gasteiger partial charge in [-0.25, -0.2) is 0 Å². The largest absolute Gasteiger partial charge is 0.493 e. The minimum Gasteiger partial charge on any atom is -0.493 e. The molecular weight excluding hydrogens is 390 g/mol. The van der Waals surface area contributed by atoms with E-state index in [1.54, 1.807) is 14.2 Å². The molecule has 1 aliphatic heterocycles. The normalized spacial score (nSPS) is 20.3. The zero-order chi connectivity index (χ0) is 20.4. The van der Waals surface area contributed by atoms with Gasteiger partial charge in [-0.3, -0.25) is 19.4 Å². The predicted molar refractivity (Wildman–Crippen MR) is 114 cm³/mol. The molecule has 2 aliphatic rings. The molecule has 1 saturated carbocycles. The lowest BCUT2D eigenvalue weighted by atomic mass is 10.0. The van der Waals surface area contributed by atoms with Crippen molar-refractivity contribution >= 4 is 23.5 Å². The van der Waals surface area contributed by atoms with Crippen LogP contribution in [0.3, 0.4) is 0 Å². The number of anilines is 1. The molecule has 1 atom stereocenters.